The van der Waals surface area contributed by atoms with Crippen LogP contribution in [0, 0.1) is 11.2 Å². The minimum Gasteiger partial charge on any atom is -0.384 e. The summed E-state index contributed by atoms with van der Waals surface area (Å²) in [7, 11) is 1.68. The van der Waals surface area contributed by atoms with Crippen molar-refractivity contribution in [2.75, 3.05) is 20.3 Å². The first-order chi connectivity index (χ1) is 9.63. The number of urea groups is 1. The van der Waals surface area contributed by atoms with Gasteiger partial charge in [-0.05, 0) is 30.5 Å². The minimum atomic E-state index is -0.293. The minimum absolute atomic E-state index is 0.102. The third-order valence-corrected chi connectivity index (χ3v) is 3.83. The van der Waals surface area contributed by atoms with E-state index in [9.17, 15) is 9.18 Å². The van der Waals surface area contributed by atoms with Crippen LogP contribution in [0.2, 0.25) is 0 Å². The predicted molar refractivity (Wildman–Crippen MR) is 74.8 cm³/mol. The number of halogens is 1. The van der Waals surface area contributed by atoms with Gasteiger partial charge in [-0.15, -0.1) is 0 Å². The van der Waals surface area contributed by atoms with Crippen molar-refractivity contribution < 1.29 is 13.9 Å². The van der Waals surface area contributed by atoms with Crippen LogP contribution in [-0.2, 0) is 11.3 Å². The Morgan fingerprint density at radius 2 is 2.20 bits per heavy atom. The Kier molecular flexibility index (Phi) is 4.95. The van der Waals surface area contributed by atoms with Crippen molar-refractivity contribution in [3.63, 3.8) is 0 Å². The fraction of sp³-hybridized carbons (Fsp3) is 0.533. The summed E-state index contributed by atoms with van der Waals surface area (Å²) in [6.45, 7) is 1.62. The van der Waals surface area contributed by atoms with Gasteiger partial charge in [0.15, 0.2) is 0 Å². The summed E-state index contributed by atoms with van der Waals surface area (Å²) in [5.74, 6) is -0.293. The van der Waals surface area contributed by atoms with Gasteiger partial charge in [0, 0.05) is 25.6 Å². The van der Waals surface area contributed by atoms with Gasteiger partial charge in [-0.3, -0.25) is 0 Å². The van der Waals surface area contributed by atoms with Gasteiger partial charge in [0.1, 0.15) is 5.82 Å². The van der Waals surface area contributed by atoms with E-state index < -0.39 is 0 Å². The van der Waals surface area contributed by atoms with Crippen LogP contribution in [0.25, 0.3) is 0 Å². The Hall–Kier alpha value is -1.62. The van der Waals surface area contributed by atoms with Crippen molar-refractivity contribution in [3.05, 3.63) is 35.6 Å². The molecule has 5 heteroatoms. The molecule has 2 rings (SSSR count). The van der Waals surface area contributed by atoms with Gasteiger partial charge in [0.2, 0.25) is 0 Å². The van der Waals surface area contributed by atoms with E-state index in [0.717, 1.165) is 18.4 Å². The van der Waals surface area contributed by atoms with E-state index in [0.29, 0.717) is 19.7 Å². The number of nitrogens with one attached hydrogen (secondary N) is 2. The molecule has 1 aliphatic rings. The molecule has 0 atom stereocenters. The highest BCUT2D eigenvalue weighted by Gasteiger charge is 2.37. The topological polar surface area (TPSA) is 50.4 Å². The van der Waals surface area contributed by atoms with Crippen LogP contribution in [0.3, 0.4) is 0 Å². The molecule has 1 aliphatic carbocycles. The molecule has 2 amide bonds. The van der Waals surface area contributed by atoms with Crippen molar-refractivity contribution in [3.8, 4) is 0 Å². The fourth-order valence-corrected chi connectivity index (χ4v) is 2.51. The molecule has 1 fully saturated rings. The van der Waals surface area contributed by atoms with Gasteiger partial charge < -0.3 is 15.4 Å². The second kappa shape index (κ2) is 6.70. The lowest BCUT2D eigenvalue weighted by Crippen LogP contribution is -2.47. The van der Waals surface area contributed by atoms with Gasteiger partial charge in [-0.1, -0.05) is 18.6 Å². The Balaban J connectivity index is 1.73. The maximum atomic E-state index is 13.0. The highest BCUT2D eigenvalue weighted by molar-refractivity contribution is 5.73. The van der Waals surface area contributed by atoms with E-state index in [-0.39, 0.29) is 17.3 Å². The van der Waals surface area contributed by atoms with Crippen LogP contribution in [0.1, 0.15) is 24.8 Å². The third kappa shape index (κ3) is 3.93. The van der Waals surface area contributed by atoms with E-state index >= 15 is 0 Å². The lowest BCUT2D eigenvalue weighted by Gasteiger charge is -2.41. The van der Waals surface area contributed by atoms with Crippen LogP contribution >= 0.6 is 0 Å². The van der Waals surface area contributed by atoms with E-state index in [1.807, 2.05) is 0 Å². The Bertz CT molecular complexity index is 461. The number of ether oxygens (including phenoxy) is 1. The molecule has 1 aromatic rings. The zero-order valence-corrected chi connectivity index (χ0v) is 11.7. The third-order valence-electron chi connectivity index (χ3n) is 3.83. The molecule has 0 bridgehead atoms. The maximum Gasteiger partial charge on any atom is 0.315 e. The number of amides is 2. The Morgan fingerprint density at radius 3 is 2.80 bits per heavy atom. The summed E-state index contributed by atoms with van der Waals surface area (Å²) in [4.78, 5) is 11.7. The predicted octanol–water partition coefficient (Wildman–Crippen LogP) is 2.44. The zero-order valence-electron chi connectivity index (χ0n) is 11.7. The first kappa shape index (κ1) is 14.8. The standard InChI is InChI=1S/C15H21FN2O2/c1-20-11-15(6-3-7-15)10-18-14(19)17-9-12-4-2-5-13(16)8-12/h2,4-5,8H,3,6-7,9-11H2,1H3,(H2,17,18,19). The molecule has 0 saturated heterocycles. The maximum absolute atomic E-state index is 13.0. The molecule has 0 unspecified atom stereocenters. The van der Waals surface area contributed by atoms with Gasteiger partial charge in [-0.2, -0.15) is 0 Å². The molecule has 2 N–H and O–H groups in total. The summed E-state index contributed by atoms with van der Waals surface area (Å²) < 4.78 is 18.2. The number of hydrogen-bond acceptors (Lipinski definition) is 2. The highest BCUT2D eigenvalue weighted by atomic mass is 19.1. The van der Waals surface area contributed by atoms with E-state index in [1.54, 1.807) is 19.2 Å². The van der Waals surface area contributed by atoms with Gasteiger partial charge >= 0.3 is 6.03 Å². The van der Waals surface area contributed by atoms with Crippen LogP contribution in [0.5, 0.6) is 0 Å². The van der Waals surface area contributed by atoms with Crippen molar-refractivity contribution in [2.45, 2.75) is 25.8 Å². The van der Waals surface area contributed by atoms with Crippen LogP contribution in [0.15, 0.2) is 24.3 Å². The monoisotopic (exact) mass is 280 g/mol. The first-order valence-corrected chi connectivity index (χ1v) is 6.89. The largest absolute Gasteiger partial charge is 0.384 e. The van der Waals surface area contributed by atoms with Crippen LogP contribution in [0.4, 0.5) is 9.18 Å². The quantitative estimate of drug-likeness (QED) is 0.841. The normalized spacial score (nSPS) is 16.3. The molecule has 1 saturated carbocycles. The zero-order chi connectivity index (χ0) is 14.4. The summed E-state index contributed by atoms with van der Waals surface area (Å²) in [6, 6.07) is 5.98. The molecule has 20 heavy (non-hydrogen) atoms. The van der Waals surface area contributed by atoms with Crippen molar-refractivity contribution in [1.29, 1.82) is 0 Å². The molecular formula is C15H21FN2O2. The van der Waals surface area contributed by atoms with Gasteiger partial charge in [0.05, 0.1) is 6.61 Å². The lowest BCUT2D eigenvalue weighted by molar-refractivity contribution is 0.0200. The molecule has 0 aromatic heterocycles. The fourth-order valence-electron chi connectivity index (χ4n) is 2.51. The molecule has 1 aromatic carbocycles. The average molecular weight is 280 g/mol. The van der Waals surface area contributed by atoms with Crippen LogP contribution < -0.4 is 10.6 Å². The number of methoxy groups -OCH3 is 1. The van der Waals surface area contributed by atoms with E-state index in [2.05, 4.69) is 10.6 Å². The molecule has 4 nitrogen and oxygen atoms in total. The number of carbonyl (C=O) groups excluding carboxylic acids is 1. The number of benzene rings is 1. The van der Waals surface area contributed by atoms with E-state index in [4.69, 9.17) is 4.74 Å². The first-order valence-electron chi connectivity index (χ1n) is 6.89. The number of hydrogen-bond donors (Lipinski definition) is 2. The lowest BCUT2D eigenvalue weighted by atomic mass is 9.69. The number of rotatable bonds is 6. The van der Waals surface area contributed by atoms with Crippen molar-refractivity contribution >= 4 is 6.03 Å². The number of carbonyl (C=O) groups is 1. The molecule has 0 heterocycles. The average Bonchev–Trinajstić information content (AvgIpc) is 2.39. The summed E-state index contributed by atoms with van der Waals surface area (Å²) >= 11 is 0. The SMILES string of the molecule is COCC1(CNC(=O)NCc2cccc(F)c2)CCC1. The van der Waals surface area contributed by atoms with Crippen molar-refractivity contribution in [1.82, 2.24) is 10.6 Å². The summed E-state index contributed by atoms with van der Waals surface area (Å²) in [5.41, 5.74) is 0.848. The van der Waals surface area contributed by atoms with Crippen molar-refractivity contribution in [2.24, 2.45) is 5.41 Å². The van der Waals surface area contributed by atoms with E-state index in [1.165, 1.54) is 18.6 Å². The van der Waals surface area contributed by atoms with Crippen LogP contribution in [-0.4, -0.2) is 26.3 Å². The highest BCUT2D eigenvalue weighted by Crippen LogP contribution is 2.40. The van der Waals surface area contributed by atoms with Gasteiger partial charge in [0.25, 0.3) is 0 Å². The molecule has 0 radical (unpaired) electrons. The molecular weight excluding hydrogens is 259 g/mol. The molecule has 0 aliphatic heterocycles. The molecule has 0 spiro atoms. The van der Waals surface area contributed by atoms with Gasteiger partial charge in [-0.25, -0.2) is 9.18 Å². The smallest absolute Gasteiger partial charge is 0.315 e. The summed E-state index contributed by atoms with van der Waals surface area (Å²) in [6.07, 6.45) is 3.37. The Labute approximate surface area is 118 Å². The molecule has 110 valence electrons. The second-order valence-electron chi connectivity index (χ2n) is 5.45. The summed E-state index contributed by atoms with van der Waals surface area (Å²) in [5, 5.41) is 5.60. The second-order valence-corrected chi connectivity index (χ2v) is 5.45. The Morgan fingerprint density at radius 1 is 1.40 bits per heavy atom.